The summed E-state index contributed by atoms with van der Waals surface area (Å²) >= 11 is 1.65. The average Bonchev–Trinajstić information content (AvgIpc) is 3.26. The second-order valence-corrected chi connectivity index (χ2v) is 7.89. The molecule has 1 atom stereocenters. The molecule has 0 spiro atoms. The number of benzene rings is 1. The van der Waals surface area contributed by atoms with Gasteiger partial charge in [-0.2, -0.15) is 0 Å². The normalized spacial score (nSPS) is 17.2. The molecule has 0 radical (unpaired) electrons. The maximum atomic E-state index is 12.5. The van der Waals surface area contributed by atoms with E-state index in [4.69, 9.17) is 9.97 Å². The van der Waals surface area contributed by atoms with Gasteiger partial charge in [0.2, 0.25) is 5.91 Å². The number of nitrogens with one attached hydrogen (secondary N) is 1. The number of carbonyl (C=O) groups excluding carboxylic acids is 1. The number of aromatic nitrogens is 2. The van der Waals surface area contributed by atoms with Crippen molar-refractivity contribution in [2.75, 3.05) is 24.5 Å². The van der Waals surface area contributed by atoms with Gasteiger partial charge in [-0.25, -0.2) is 9.97 Å². The van der Waals surface area contributed by atoms with E-state index >= 15 is 0 Å². The zero-order chi connectivity index (χ0) is 18.6. The summed E-state index contributed by atoms with van der Waals surface area (Å²) in [7, 11) is 0. The molecule has 0 bridgehead atoms. The van der Waals surface area contributed by atoms with E-state index in [0.29, 0.717) is 6.54 Å². The van der Waals surface area contributed by atoms with E-state index in [1.54, 1.807) is 11.3 Å². The topological polar surface area (TPSA) is 58.1 Å². The quantitative estimate of drug-likeness (QED) is 0.724. The number of carbonyl (C=O) groups is 1. The van der Waals surface area contributed by atoms with Gasteiger partial charge in [0, 0.05) is 25.0 Å². The summed E-state index contributed by atoms with van der Waals surface area (Å²) in [4.78, 5) is 25.5. The molecule has 1 aliphatic rings. The number of nitrogens with zero attached hydrogens (tertiary/aromatic N) is 3. The third-order valence-corrected chi connectivity index (χ3v) is 5.83. The smallest absolute Gasteiger partial charge is 0.224 e. The molecule has 140 valence electrons. The molecule has 1 N–H and O–H groups in total. The number of thiophene rings is 1. The van der Waals surface area contributed by atoms with Crippen LogP contribution in [0.15, 0.2) is 41.8 Å². The molecule has 0 aliphatic carbocycles. The number of hydrogen-bond acceptors (Lipinski definition) is 5. The number of rotatable bonds is 5. The minimum atomic E-state index is 0.0178. The molecule has 1 saturated heterocycles. The molecular weight excluding hydrogens is 356 g/mol. The number of fused-ring (bicyclic) bond motifs is 1. The number of piperidine rings is 1. The van der Waals surface area contributed by atoms with Gasteiger partial charge in [0.25, 0.3) is 0 Å². The lowest BCUT2D eigenvalue weighted by Gasteiger charge is -2.33. The molecule has 5 nitrogen and oxygen atoms in total. The Balaban J connectivity index is 1.68. The second kappa shape index (κ2) is 8.05. The van der Waals surface area contributed by atoms with Crippen LogP contribution in [0.4, 0.5) is 5.82 Å². The molecule has 1 aromatic carbocycles. The molecule has 0 saturated carbocycles. The fourth-order valence-electron chi connectivity index (χ4n) is 3.59. The van der Waals surface area contributed by atoms with E-state index in [1.807, 2.05) is 29.6 Å². The van der Waals surface area contributed by atoms with Gasteiger partial charge in [0.15, 0.2) is 5.82 Å². The zero-order valence-corrected chi connectivity index (χ0v) is 16.3. The summed E-state index contributed by atoms with van der Waals surface area (Å²) in [5, 5.41) is 6.14. The van der Waals surface area contributed by atoms with Gasteiger partial charge in [0.05, 0.1) is 16.3 Å². The van der Waals surface area contributed by atoms with Gasteiger partial charge >= 0.3 is 0 Å². The Bertz CT molecular complexity index is 925. The van der Waals surface area contributed by atoms with Crippen molar-refractivity contribution in [1.29, 1.82) is 0 Å². The highest BCUT2D eigenvalue weighted by molar-refractivity contribution is 7.13. The highest BCUT2D eigenvalue weighted by Gasteiger charge is 2.27. The van der Waals surface area contributed by atoms with Gasteiger partial charge in [-0.05, 0) is 42.8 Å². The van der Waals surface area contributed by atoms with Crippen molar-refractivity contribution in [3.05, 3.63) is 41.8 Å². The fourth-order valence-corrected chi connectivity index (χ4v) is 4.25. The Hall–Kier alpha value is -2.47. The first-order valence-corrected chi connectivity index (χ1v) is 10.5. The van der Waals surface area contributed by atoms with E-state index < -0.39 is 0 Å². The van der Waals surface area contributed by atoms with Crippen LogP contribution in [0.1, 0.15) is 26.2 Å². The van der Waals surface area contributed by atoms with Crippen molar-refractivity contribution in [3.8, 4) is 10.7 Å². The van der Waals surface area contributed by atoms with Crippen LogP contribution in [0.2, 0.25) is 0 Å². The van der Waals surface area contributed by atoms with Crippen molar-refractivity contribution < 1.29 is 4.79 Å². The van der Waals surface area contributed by atoms with Crippen molar-refractivity contribution in [1.82, 2.24) is 15.3 Å². The molecule has 1 amide bonds. The van der Waals surface area contributed by atoms with Crippen LogP contribution >= 0.6 is 11.3 Å². The van der Waals surface area contributed by atoms with Gasteiger partial charge in [-0.15, -0.1) is 11.3 Å². The largest absolute Gasteiger partial charge is 0.356 e. The van der Waals surface area contributed by atoms with E-state index in [2.05, 4.69) is 29.3 Å². The van der Waals surface area contributed by atoms with E-state index in [9.17, 15) is 4.79 Å². The van der Waals surface area contributed by atoms with Crippen LogP contribution in [0.3, 0.4) is 0 Å². The number of amides is 1. The van der Waals surface area contributed by atoms with Crippen molar-refractivity contribution in [2.24, 2.45) is 5.92 Å². The van der Waals surface area contributed by atoms with Crippen LogP contribution in [-0.2, 0) is 4.79 Å². The number of para-hydroxylation sites is 1. The third kappa shape index (κ3) is 3.81. The molecule has 1 aliphatic heterocycles. The summed E-state index contributed by atoms with van der Waals surface area (Å²) in [5.74, 6) is 1.89. The molecule has 3 aromatic rings. The number of anilines is 1. The lowest BCUT2D eigenvalue weighted by molar-refractivity contribution is -0.125. The van der Waals surface area contributed by atoms with Crippen molar-refractivity contribution in [3.63, 3.8) is 0 Å². The van der Waals surface area contributed by atoms with Crippen LogP contribution < -0.4 is 10.2 Å². The Morgan fingerprint density at radius 1 is 1.26 bits per heavy atom. The lowest BCUT2D eigenvalue weighted by atomic mass is 9.96. The van der Waals surface area contributed by atoms with Crippen LogP contribution in [0, 0.1) is 5.92 Å². The maximum Gasteiger partial charge on any atom is 0.224 e. The van der Waals surface area contributed by atoms with Gasteiger partial charge < -0.3 is 10.2 Å². The average molecular weight is 381 g/mol. The first-order chi connectivity index (χ1) is 13.3. The predicted molar refractivity (Wildman–Crippen MR) is 111 cm³/mol. The molecular formula is C21H24N4OS. The highest BCUT2D eigenvalue weighted by Crippen LogP contribution is 2.31. The predicted octanol–water partition coefficient (Wildman–Crippen LogP) is 4.10. The Labute approximate surface area is 163 Å². The molecule has 1 unspecified atom stereocenters. The lowest BCUT2D eigenvalue weighted by Crippen LogP contribution is -2.43. The first-order valence-electron chi connectivity index (χ1n) is 9.59. The second-order valence-electron chi connectivity index (χ2n) is 6.94. The fraction of sp³-hybridized carbons (Fsp3) is 0.381. The van der Waals surface area contributed by atoms with E-state index in [-0.39, 0.29) is 11.8 Å². The van der Waals surface area contributed by atoms with Gasteiger partial charge in [-0.1, -0.05) is 25.1 Å². The minimum absolute atomic E-state index is 0.0178. The van der Waals surface area contributed by atoms with Crippen LogP contribution in [0.25, 0.3) is 21.6 Å². The molecule has 3 heterocycles. The summed E-state index contributed by atoms with van der Waals surface area (Å²) in [6.45, 7) is 4.45. The van der Waals surface area contributed by atoms with Crippen molar-refractivity contribution in [2.45, 2.75) is 26.2 Å². The molecule has 6 heteroatoms. The molecule has 27 heavy (non-hydrogen) atoms. The minimum Gasteiger partial charge on any atom is -0.356 e. The number of hydrogen-bond donors (Lipinski definition) is 1. The Morgan fingerprint density at radius 2 is 2.15 bits per heavy atom. The Morgan fingerprint density at radius 3 is 2.96 bits per heavy atom. The van der Waals surface area contributed by atoms with Gasteiger partial charge in [0.1, 0.15) is 5.82 Å². The SMILES string of the molecule is CCCNC(=O)C1CCCN(c2nc(-c3cccs3)nc3ccccc23)C1. The van der Waals surface area contributed by atoms with Crippen LogP contribution in [0.5, 0.6) is 0 Å². The standard InChI is InChI=1S/C21H24N4OS/c1-2-11-22-21(26)15-7-5-12-25(14-15)20-16-8-3-4-9-17(16)23-19(24-20)18-10-6-13-27-18/h3-4,6,8-10,13,15H,2,5,7,11-12,14H2,1H3,(H,22,26). The monoisotopic (exact) mass is 380 g/mol. The Kier molecular flexibility index (Phi) is 5.34. The third-order valence-electron chi connectivity index (χ3n) is 4.97. The zero-order valence-electron chi connectivity index (χ0n) is 15.5. The maximum absolute atomic E-state index is 12.5. The summed E-state index contributed by atoms with van der Waals surface area (Å²) in [6.07, 6.45) is 2.90. The first kappa shape index (κ1) is 17.9. The highest BCUT2D eigenvalue weighted by atomic mass is 32.1. The summed E-state index contributed by atoms with van der Waals surface area (Å²) in [5.41, 5.74) is 0.948. The molecule has 2 aromatic heterocycles. The van der Waals surface area contributed by atoms with Crippen molar-refractivity contribution >= 4 is 34.0 Å². The molecule has 1 fully saturated rings. The van der Waals surface area contributed by atoms with E-state index in [1.165, 1.54) is 0 Å². The van der Waals surface area contributed by atoms with Crippen LogP contribution in [-0.4, -0.2) is 35.5 Å². The van der Waals surface area contributed by atoms with E-state index in [0.717, 1.165) is 59.8 Å². The summed E-state index contributed by atoms with van der Waals surface area (Å²) < 4.78 is 0. The molecule has 4 rings (SSSR count). The summed E-state index contributed by atoms with van der Waals surface area (Å²) in [6, 6.07) is 12.2. The van der Waals surface area contributed by atoms with Gasteiger partial charge in [-0.3, -0.25) is 4.79 Å².